The molecular weight excluding hydrogens is 434 g/mol. The van der Waals surface area contributed by atoms with Crippen molar-refractivity contribution in [2.75, 3.05) is 10.6 Å². The van der Waals surface area contributed by atoms with Gasteiger partial charge in [-0.05, 0) is 24.3 Å². The van der Waals surface area contributed by atoms with E-state index in [1.807, 2.05) is 0 Å². The highest BCUT2D eigenvalue weighted by atomic mass is 35.5. The zero-order valence-corrected chi connectivity index (χ0v) is 15.9. The molecule has 0 bridgehead atoms. The van der Waals surface area contributed by atoms with Gasteiger partial charge in [0, 0.05) is 12.6 Å². The van der Waals surface area contributed by atoms with Crippen LogP contribution < -0.4 is 10.6 Å². The molecule has 4 heterocycles. The zero-order valence-electron chi connectivity index (χ0n) is 14.4. The second kappa shape index (κ2) is 7.27. The predicted molar refractivity (Wildman–Crippen MR) is 99.2 cm³/mol. The topological polar surface area (TPSA) is 85.0 Å². The van der Waals surface area contributed by atoms with E-state index in [1.54, 1.807) is 12.1 Å². The highest BCUT2D eigenvalue weighted by Gasteiger charge is 2.48. The van der Waals surface area contributed by atoms with Gasteiger partial charge in [0.25, 0.3) is 5.91 Å². The highest BCUT2D eigenvalue weighted by molar-refractivity contribution is 6.37. The summed E-state index contributed by atoms with van der Waals surface area (Å²) in [4.78, 5) is 16.4. The lowest BCUT2D eigenvalue weighted by molar-refractivity contribution is -0.174. The Balaban J connectivity index is 1.71. The first-order valence-electron chi connectivity index (χ1n) is 8.32. The number of hydrogen-bond acceptors (Lipinski definition) is 5. The summed E-state index contributed by atoms with van der Waals surface area (Å²) in [6.07, 6.45) is -2.20. The van der Waals surface area contributed by atoms with Crippen molar-refractivity contribution < 1.29 is 22.4 Å². The standard InChI is InChI=1S/C17H12Cl2F3N5O2/c18-12-13(16(28)25-8-3-1-5-23-14(8)19)26-27-11(17(20,21)22)7-9(24-15(12)27)10-4-2-6-29-10/h1-6,9,11,24H,7H2,(H,25,28)/t9-,11+/m1/s1. The number of furan rings is 1. The molecule has 12 heteroatoms. The van der Waals surface area contributed by atoms with Gasteiger partial charge in [0.05, 0.1) is 18.0 Å². The van der Waals surface area contributed by atoms with Gasteiger partial charge in [0.1, 0.15) is 16.6 Å². The fourth-order valence-electron chi connectivity index (χ4n) is 3.07. The first kappa shape index (κ1) is 19.6. The summed E-state index contributed by atoms with van der Waals surface area (Å²) in [6, 6.07) is 3.38. The summed E-state index contributed by atoms with van der Waals surface area (Å²) in [5.74, 6) is -0.621. The van der Waals surface area contributed by atoms with Gasteiger partial charge in [-0.15, -0.1) is 0 Å². The molecular formula is C17H12Cl2F3N5O2. The van der Waals surface area contributed by atoms with Crippen LogP contribution in [-0.2, 0) is 0 Å². The van der Waals surface area contributed by atoms with Crippen LogP contribution in [0.5, 0.6) is 0 Å². The van der Waals surface area contributed by atoms with E-state index in [0.29, 0.717) is 10.4 Å². The van der Waals surface area contributed by atoms with Crippen molar-refractivity contribution >= 4 is 40.6 Å². The van der Waals surface area contributed by atoms with Gasteiger partial charge >= 0.3 is 6.18 Å². The molecule has 1 aliphatic rings. The Bertz CT molecular complexity index is 1050. The monoisotopic (exact) mass is 445 g/mol. The van der Waals surface area contributed by atoms with E-state index in [-0.39, 0.29) is 33.8 Å². The van der Waals surface area contributed by atoms with Crippen molar-refractivity contribution in [1.29, 1.82) is 0 Å². The van der Waals surface area contributed by atoms with E-state index in [1.165, 1.54) is 24.6 Å². The average molecular weight is 446 g/mol. The molecule has 0 aliphatic carbocycles. The molecule has 0 fully saturated rings. The molecule has 2 atom stereocenters. The first-order valence-corrected chi connectivity index (χ1v) is 9.08. The van der Waals surface area contributed by atoms with Crippen molar-refractivity contribution in [2.24, 2.45) is 0 Å². The molecule has 0 aromatic carbocycles. The lowest BCUT2D eigenvalue weighted by atomic mass is 10.0. The van der Waals surface area contributed by atoms with Crippen LogP contribution in [-0.4, -0.2) is 26.8 Å². The lowest BCUT2D eigenvalue weighted by Gasteiger charge is -2.32. The Hall–Kier alpha value is -2.72. The second-order valence-electron chi connectivity index (χ2n) is 6.26. The van der Waals surface area contributed by atoms with Gasteiger partial charge in [-0.25, -0.2) is 9.67 Å². The number of aromatic nitrogens is 3. The maximum absolute atomic E-state index is 13.7. The van der Waals surface area contributed by atoms with E-state index in [2.05, 4.69) is 20.7 Å². The Kier molecular flexibility index (Phi) is 4.91. The number of halogens is 5. The summed E-state index contributed by atoms with van der Waals surface area (Å²) >= 11 is 12.1. The van der Waals surface area contributed by atoms with Crippen molar-refractivity contribution in [1.82, 2.24) is 14.8 Å². The molecule has 0 saturated carbocycles. The van der Waals surface area contributed by atoms with Crippen LogP contribution in [0.2, 0.25) is 10.2 Å². The van der Waals surface area contributed by atoms with Crippen LogP contribution in [0, 0.1) is 0 Å². The van der Waals surface area contributed by atoms with Crippen LogP contribution in [0.25, 0.3) is 0 Å². The third-order valence-corrected chi connectivity index (χ3v) is 5.06. The molecule has 2 N–H and O–H groups in total. The van der Waals surface area contributed by atoms with Gasteiger partial charge < -0.3 is 15.1 Å². The number of fused-ring (bicyclic) bond motifs is 1. The molecule has 3 aromatic heterocycles. The van der Waals surface area contributed by atoms with Crippen molar-refractivity contribution in [3.63, 3.8) is 0 Å². The number of amides is 1. The summed E-state index contributed by atoms with van der Waals surface area (Å²) in [6.45, 7) is 0. The normalized spacial score (nSPS) is 18.8. The smallest absolute Gasteiger partial charge is 0.410 e. The number of carbonyl (C=O) groups is 1. The predicted octanol–water partition coefficient (Wildman–Crippen LogP) is 5.09. The lowest BCUT2D eigenvalue weighted by Crippen LogP contribution is -2.35. The Morgan fingerprint density at radius 1 is 1.31 bits per heavy atom. The van der Waals surface area contributed by atoms with Crippen LogP contribution in [0.1, 0.15) is 34.8 Å². The molecule has 0 spiro atoms. The third kappa shape index (κ3) is 3.65. The van der Waals surface area contributed by atoms with Gasteiger partial charge in [0.15, 0.2) is 16.9 Å². The minimum Gasteiger partial charge on any atom is -0.467 e. The fourth-order valence-corrected chi connectivity index (χ4v) is 3.50. The van der Waals surface area contributed by atoms with Gasteiger partial charge in [-0.3, -0.25) is 4.79 Å². The number of anilines is 2. The number of pyridine rings is 1. The van der Waals surface area contributed by atoms with Gasteiger partial charge in [-0.2, -0.15) is 18.3 Å². The van der Waals surface area contributed by atoms with E-state index >= 15 is 0 Å². The molecule has 1 aliphatic heterocycles. The van der Waals surface area contributed by atoms with Crippen LogP contribution in [0.4, 0.5) is 24.7 Å². The Labute approximate surface area is 171 Å². The van der Waals surface area contributed by atoms with Crippen LogP contribution >= 0.6 is 23.2 Å². The molecule has 1 amide bonds. The summed E-state index contributed by atoms with van der Waals surface area (Å²) < 4.78 is 47.0. The van der Waals surface area contributed by atoms with Crippen LogP contribution in [0.15, 0.2) is 41.1 Å². The Morgan fingerprint density at radius 2 is 2.10 bits per heavy atom. The summed E-state index contributed by atoms with van der Waals surface area (Å²) in [5.41, 5.74) is -0.196. The summed E-state index contributed by atoms with van der Waals surface area (Å²) in [5, 5.41) is 8.94. The van der Waals surface area contributed by atoms with Gasteiger partial charge in [0.2, 0.25) is 0 Å². The van der Waals surface area contributed by atoms with Crippen molar-refractivity contribution in [3.8, 4) is 0 Å². The quantitative estimate of drug-likeness (QED) is 0.548. The fraction of sp³-hybridized carbons (Fsp3) is 0.235. The molecule has 3 aromatic rings. The van der Waals surface area contributed by atoms with E-state index < -0.39 is 24.2 Å². The number of alkyl halides is 3. The number of nitrogens with zero attached hydrogens (tertiary/aromatic N) is 3. The largest absolute Gasteiger partial charge is 0.467 e. The maximum Gasteiger partial charge on any atom is 0.410 e. The zero-order chi connectivity index (χ0) is 20.8. The molecule has 0 radical (unpaired) electrons. The number of hydrogen-bond donors (Lipinski definition) is 2. The summed E-state index contributed by atoms with van der Waals surface area (Å²) in [7, 11) is 0. The SMILES string of the molecule is O=C(Nc1cccnc1Cl)c1nn2c(c1Cl)N[C@@H](c1ccco1)C[C@H]2C(F)(F)F. The molecule has 0 saturated heterocycles. The first-order chi connectivity index (χ1) is 13.8. The highest BCUT2D eigenvalue weighted by Crippen LogP contribution is 2.46. The Morgan fingerprint density at radius 3 is 2.76 bits per heavy atom. The molecule has 29 heavy (non-hydrogen) atoms. The molecule has 7 nitrogen and oxygen atoms in total. The van der Waals surface area contributed by atoms with Gasteiger partial charge in [-0.1, -0.05) is 23.2 Å². The minimum atomic E-state index is -4.61. The third-order valence-electron chi connectivity index (χ3n) is 4.40. The average Bonchev–Trinajstić information content (AvgIpc) is 3.31. The van der Waals surface area contributed by atoms with Crippen molar-refractivity contribution in [2.45, 2.75) is 24.7 Å². The van der Waals surface area contributed by atoms with E-state index in [4.69, 9.17) is 27.6 Å². The van der Waals surface area contributed by atoms with Crippen LogP contribution in [0.3, 0.4) is 0 Å². The molecule has 0 unspecified atom stereocenters. The number of carbonyl (C=O) groups excluding carboxylic acids is 1. The number of rotatable bonds is 3. The second-order valence-corrected chi connectivity index (χ2v) is 6.99. The maximum atomic E-state index is 13.7. The minimum absolute atomic E-state index is 0.0186. The van der Waals surface area contributed by atoms with E-state index in [0.717, 1.165) is 0 Å². The molecule has 4 rings (SSSR count). The van der Waals surface area contributed by atoms with Crippen molar-refractivity contribution in [3.05, 3.63) is 58.4 Å². The molecule has 152 valence electrons. The number of nitrogens with one attached hydrogen (secondary N) is 2. The van der Waals surface area contributed by atoms with E-state index in [9.17, 15) is 18.0 Å².